The normalized spacial score (nSPS) is 14.3. The third kappa shape index (κ3) is 3.23. The fraction of sp³-hybridized carbons (Fsp3) is 0.158. The van der Waals surface area contributed by atoms with Crippen molar-refractivity contribution in [3.05, 3.63) is 64.3 Å². The molecule has 2 aromatic rings. The van der Waals surface area contributed by atoms with Crippen molar-refractivity contribution in [3.8, 4) is 5.75 Å². The minimum atomic E-state index is -0.540. The predicted molar refractivity (Wildman–Crippen MR) is 97.9 cm³/mol. The number of anilines is 2. The molecule has 0 saturated carbocycles. The largest absolute Gasteiger partial charge is 0.497 e. The number of hydrogen-bond acceptors (Lipinski definition) is 4. The van der Waals surface area contributed by atoms with Crippen molar-refractivity contribution in [2.45, 2.75) is 13.8 Å². The quantitative estimate of drug-likeness (QED) is 0.848. The number of methoxy groups -OCH3 is 1. The number of aryl methyl sites for hydroxylation is 2. The first kappa shape index (κ1) is 17.0. The molecular weight excluding hydrogens is 340 g/mol. The number of carbonyl (C=O) groups is 2. The minimum absolute atomic E-state index is 0.0547. The van der Waals surface area contributed by atoms with E-state index in [4.69, 9.17) is 16.3 Å². The SMILES string of the molecule is COc1cccc(NC2=C(Cl)C(=O)N(c3cc(C)cc(C)c3)C2=O)c1. The van der Waals surface area contributed by atoms with Crippen molar-refractivity contribution in [2.24, 2.45) is 0 Å². The van der Waals surface area contributed by atoms with Gasteiger partial charge >= 0.3 is 0 Å². The van der Waals surface area contributed by atoms with Crippen LogP contribution in [0.3, 0.4) is 0 Å². The van der Waals surface area contributed by atoms with Gasteiger partial charge in [-0.2, -0.15) is 0 Å². The molecule has 2 amide bonds. The van der Waals surface area contributed by atoms with Crippen LogP contribution in [-0.2, 0) is 9.59 Å². The molecule has 0 aromatic heterocycles. The molecular formula is C19H17ClN2O3. The van der Waals surface area contributed by atoms with Gasteiger partial charge in [-0.05, 0) is 49.2 Å². The van der Waals surface area contributed by atoms with Gasteiger partial charge in [0.1, 0.15) is 16.5 Å². The van der Waals surface area contributed by atoms with E-state index in [9.17, 15) is 9.59 Å². The molecule has 0 unspecified atom stereocenters. The van der Waals surface area contributed by atoms with Crippen LogP contribution in [0.1, 0.15) is 11.1 Å². The average molecular weight is 357 g/mol. The highest BCUT2D eigenvalue weighted by atomic mass is 35.5. The lowest BCUT2D eigenvalue weighted by atomic mass is 10.1. The molecule has 0 spiro atoms. The highest BCUT2D eigenvalue weighted by Crippen LogP contribution is 2.31. The Labute approximate surface area is 150 Å². The number of rotatable bonds is 4. The molecule has 0 fully saturated rings. The molecule has 128 valence electrons. The number of amides is 2. The smallest absolute Gasteiger partial charge is 0.283 e. The molecule has 2 aromatic carbocycles. The third-order valence-electron chi connectivity index (χ3n) is 3.83. The van der Waals surface area contributed by atoms with E-state index < -0.39 is 11.8 Å². The first-order chi connectivity index (χ1) is 11.9. The van der Waals surface area contributed by atoms with Crippen molar-refractivity contribution in [1.82, 2.24) is 0 Å². The topological polar surface area (TPSA) is 58.6 Å². The van der Waals surface area contributed by atoms with Gasteiger partial charge in [0.15, 0.2) is 0 Å². The molecule has 1 aliphatic rings. The number of halogens is 1. The van der Waals surface area contributed by atoms with Crippen LogP contribution in [0, 0.1) is 13.8 Å². The summed E-state index contributed by atoms with van der Waals surface area (Å²) >= 11 is 6.15. The minimum Gasteiger partial charge on any atom is -0.497 e. The number of nitrogens with one attached hydrogen (secondary N) is 1. The molecule has 25 heavy (non-hydrogen) atoms. The third-order valence-corrected chi connectivity index (χ3v) is 4.18. The van der Waals surface area contributed by atoms with Crippen molar-refractivity contribution in [3.63, 3.8) is 0 Å². The molecule has 0 atom stereocenters. The second kappa shape index (κ2) is 6.61. The highest BCUT2D eigenvalue weighted by molar-refractivity contribution is 6.53. The number of benzene rings is 2. The fourth-order valence-corrected chi connectivity index (χ4v) is 2.98. The number of hydrogen-bond donors (Lipinski definition) is 1. The summed E-state index contributed by atoms with van der Waals surface area (Å²) in [5.74, 6) is -0.394. The van der Waals surface area contributed by atoms with Crippen molar-refractivity contribution in [1.29, 1.82) is 0 Å². The van der Waals surface area contributed by atoms with Crippen LogP contribution < -0.4 is 15.0 Å². The van der Waals surface area contributed by atoms with Crippen molar-refractivity contribution in [2.75, 3.05) is 17.3 Å². The Kier molecular flexibility index (Phi) is 4.51. The zero-order valence-electron chi connectivity index (χ0n) is 14.1. The summed E-state index contributed by atoms with van der Waals surface area (Å²) in [6, 6.07) is 12.6. The van der Waals surface area contributed by atoms with Gasteiger partial charge in [-0.3, -0.25) is 9.59 Å². The van der Waals surface area contributed by atoms with Crippen LogP contribution >= 0.6 is 11.6 Å². The molecule has 0 radical (unpaired) electrons. The van der Waals surface area contributed by atoms with Gasteiger partial charge in [-0.1, -0.05) is 23.7 Å². The Balaban J connectivity index is 1.93. The summed E-state index contributed by atoms with van der Waals surface area (Å²) in [5.41, 5.74) is 3.09. The van der Waals surface area contributed by atoms with E-state index in [1.54, 1.807) is 43.5 Å². The predicted octanol–water partition coefficient (Wildman–Crippen LogP) is 3.75. The lowest BCUT2D eigenvalue weighted by molar-refractivity contribution is -0.120. The zero-order valence-corrected chi connectivity index (χ0v) is 14.8. The molecule has 0 bridgehead atoms. The summed E-state index contributed by atoms with van der Waals surface area (Å²) in [5, 5.41) is 2.80. The van der Waals surface area contributed by atoms with E-state index in [0.717, 1.165) is 16.0 Å². The van der Waals surface area contributed by atoms with Crippen LogP contribution in [0.5, 0.6) is 5.75 Å². The van der Waals surface area contributed by atoms with Gasteiger partial charge in [0.2, 0.25) is 0 Å². The Morgan fingerprint density at radius 1 is 1.00 bits per heavy atom. The van der Waals surface area contributed by atoms with E-state index >= 15 is 0 Å². The molecule has 1 aliphatic heterocycles. The maximum Gasteiger partial charge on any atom is 0.283 e. The summed E-state index contributed by atoms with van der Waals surface area (Å²) in [6.45, 7) is 3.82. The molecule has 1 N–H and O–H groups in total. The average Bonchev–Trinajstić information content (AvgIpc) is 2.78. The van der Waals surface area contributed by atoms with Gasteiger partial charge < -0.3 is 10.1 Å². The number of nitrogens with zero attached hydrogens (tertiary/aromatic N) is 1. The fourth-order valence-electron chi connectivity index (χ4n) is 2.77. The summed E-state index contributed by atoms with van der Waals surface area (Å²) in [4.78, 5) is 26.4. The first-order valence-electron chi connectivity index (χ1n) is 7.68. The first-order valence-corrected chi connectivity index (χ1v) is 8.06. The van der Waals surface area contributed by atoms with E-state index in [-0.39, 0.29) is 10.7 Å². The van der Waals surface area contributed by atoms with Crippen molar-refractivity contribution < 1.29 is 14.3 Å². The zero-order chi connectivity index (χ0) is 18.1. The van der Waals surface area contributed by atoms with E-state index in [0.29, 0.717) is 17.1 Å². The van der Waals surface area contributed by atoms with Crippen LogP contribution in [0.15, 0.2) is 53.2 Å². The maximum atomic E-state index is 12.8. The Morgan fingerprint density at radius 3 is 2.32 bits per heavy atom. The van der Waals surface area contributed by atoms with Crippen LogP contribution in [-0.4, -0.2) is 18.9 Å². The Morgan fingerprint density at radius 2 is 1.68 bits per heavy atom. The standard InChI is InChI=1S/C19H17ClN2O3/c1-11-7-12(2)9-14(8-11)22-18(23)16(20)17(19(22)24)21-13-5-4-6-15(10-13)25-3/h4-10,21H,1-3H3. The lowest BCUT2D eigenvalue weighted by Crippen LogP contribution is -2.32. The number of ether oxygens (including phenoxy) is 1. The summed E-state index contributed by atoms with van der Waals surface area (Å²) in [7, 11) is 1.55. The summed E-state index contributed by atoms with van der Waals surface area (Å²) < 4.78 is 5.16. The van der Waals surface area contributed by atoms with E-state index in [1.807, 2.05) is 19.9 Å². The lowest BCUT2D eigenvalue weighted by Gasteiger charge is -2.16. The van der Waals surface area contributed by atoms with Crippen LogP contribution in [0.4, 0.5) is 11.4 Å². The van der Waals surface area contributed by atoms with Gasteiger partial charge in [0, 0.05) is 11.8 Å². The second-order valence-corrected chi connectivity index (χ2v) is 6.22. The van der Waals surface area contributed by atoms with Crippen LogP contribution in [0.25, 0.3) is 0 Å². The van der Waals surface area contributed by atoms with Gasteiger partial charge in [0.25, 0.3) is 11.8 Å². The maximum absolute atomic E-state index is 12.8. The van der Waals surface area contributed by atoms with Crippen molar-refractivity contribution >= 4 is 34.8 Å². The second-order valence-electron chi connectivity index (χ2n) is 5.84. The molecule has 6 heteroatoms. The van der Waals surface area contributed by atoms with Gasteiger partial charge in [-0.25, -0.2) is 4.90 Å². The molecule has 0 saturated heterocycles. The number of imide groups is 1. The summed E-state index contributed by atoms with van der Waals surface area (Å²) in [6.07, 6.45) is 0. The highest BCUT2D eigenvalue weighted by Gasteiger charge is 2.39. The van der Waals surface area contributed by atoms with Crippen LogP contribution in [0.2, 0.25) is 0 Å². The Hall–Kier alpha value is -2.79. The number of carbonyl (C=O) groups excluding carboxylic acids is 2. The molecule has 5 nitrogen and oxygen atoms in total. The molecule has 0 aliphatic carbocycles. The van der Waals surface area contributed by atoms with Gasteiger partial charge in [0.05, 0.1) is 12.8 Å². The monoisotopic (exact) mass is 356 g/mol. The van der Waals surface area contributed by atoms with E-state index in [2.05, 4.69) is 5.32 Å². The van der Waals surface area contributed by atoms with Gasteiger partial charge in [-0.15, -0.1) is 0 Å². The molecule has 3 rings (SSSR count). The molecule has 1 heterocycles. The Bertz CT molecular complexity index is 885. The van der Waals surface area contributed by atoms with E-state index in [1.165, 1.54) is 0 Å².